The molecule has 0 amide bonds. The molecule has 0 heterocycles. The topological polar surface area (TPSA) is 0 Å². The van der Waals surface area contributed by atoms with Crippen molar-refractivity contribution >= 4 is 0 Å². The van der Waals surface area contributed by atoms with Gasteiger partial charge in [0.05, 0.1) is 6.67 Å². The average molecular weight is 116 g/mol. The van der Waals surface area contributed by atoms with Crippen LogP contribution in [0.5, 0.6) is 0 Å². The molecule has 0 saturated carbocycles. The summed E-state index contributed by atoms with van der Waals surface area (Å²) in [5.74, 6) is 0. The summed E-state index contributed by atoms with van der Waals surface area (Å²) in [5, 5.41) is 0. The Morgan fingerprint density at radius 2 is 1.75 bits per heavy atom. The highest BCUT2D eigenvalue weighted by atomic mass is 19.1. The van der Waals surface area contributed by atoms with Crippen molar-refractivity contribution < 1.29 is 4.39 Å². The smallest absolute Gasteiger partial charge is 0.0866 e. The summed E-state index contributed by atoms with van der Waals surface area (Å²) in [5.41, 5.74) is 0. The average Bonchev–Trinajstić information content (AvgIpc) is 2.17. The summed E-state index contributed by atoms with van der Waals surface area (Å²) >= 11 is 0. The van der Waals surface area contributed by atoms with E-state index in [1.165, 1.54) is 26.2 Å². The standard InChI is InChI=1S/C5H8.C2H5F/c1-2-4-5-3-1;1-2-3/h1-2H,3-5H2;2H2,1H3. The first kappa shape index (κ1) is 7.67. The van der Waals surface area contributed by atoms with E-state index in [-0.39, 0.29) is 6.67 Å². The molecule has 1 aliphatic carbocycles. The normalized spacial score (nSPS) is 15.2. The minimum atomic E-state index is -0.250. The summed E-state index contributed by atoms with van der Waals surface area (Å²) in [6.45, 7) is 1.21. The molecule has 1 rings (SSSR count). The van der Waals surface area contributed by atoms with Crippen LogP contribution in [0.3, 0.4) is 0 Å². The SMILES string of the molecule is C1=CCCC1.CCF. The molecule has 0 aromatic rings. The van der Waals surface area contributed by atoms with Crippen molar-refractivity contribution in [2.45, 2.75) is 26.2 Å². The van der Waals surface area contributed by atoms with Gasteiger partial charge in [-0.3, -0.25) is 4.39 Å². The van der Waals surface area contributed by atoms with Gasteiger partial charge in [-0.2, -0.15) is 0 Å². The minimum absolute atomic E-state index is 0.250. The van der Waals surface area contributed by atoms with Crippen molar-refractivity contribution in [3.63, 3.8) is 0 Å². The molecule has 0 saturated heterocycles. The molecule has 1 aliphatic rings. The van der Waals surface area contributed by atoms with Crippen molar-refractivity contribution in [2.24, 2.45) is 0 Å². The van der Waals surface area contributed by atoms with Gasteiger partial charge in [0, 0.05) is 0 Å². The van der Waals surface area contributed by atoms with E-state index in [1.807, 2.05) is 0 Å². The van der Waals surface area contributed by atoms with Crippen LogP contribution in [0.25, 0.3) is 0 Å². The number of alkyl halides is 1. The van der Waals surface area contributed by atoms with Gasteiger partial charge in [0.2, 0.25) is 0 Å². The van der Waals surface area contributed by atoms with E-state index < -0.39 is 0 Å². The van der Waals surface area contributed by atoms with Gasteiger partial charge in [-0.1, -0.05) is 12.2 Å². The lowest BCUT2D eigenvalue weighted by atomic mass is 10.4. The van der Waals surface area contributed by atoms with E-state index in [2.05, 4.69) is 12.2 Å². The van der Waals surface area contributed by atoms with E-state index >= 15 is 0 Å². The van der Waals surface area contributed by atoms with Crippen molar-refractivity contribution in [2.75, 3.05) is 6.67 Å². The predicted octanol–water partition coefficient (Wildman–Crippen LogP) is 2.70. The van der Waals surface area contributed by atoms with Crippen LogP contribution in [0, 0.1) is 0 Å². The van der Waals surface area contributed by atoms with Crippen LogP contribution < -0.4 is 0 Å². The third-order valence-corrected chi connectivity index (χ3v) is 0.908. The Morgan fingerprint density at radius 3 is 1.88 bits per heavy atom. The lowest BCUT2D eigenvalue weighted by Gasteiger charge is -1.69. The lowest BCUT2D eigenvalue weighted by Crippen LogP contribution is -1.50. The van der Waals surface area contributed by atoms with Gasteiger partial charge in [-0.25, -0.2) is 0 Å². The molecule has 8 heavy (non-hydrogen) atoms. The largest absolute Gasteiger partial charge is 0.251 e. The van der Waals surface area contributed by atoms with Gasteiger partial charge in [-0.05, 0) is 26.2 Å². The zero-order valence-corrected chi connectivity index (χ0v) is 5.36. The third-order valence-electron chi connectivity index (χ3n) is 0.908. The molecule has 0 unspecified atom stereocenters. The number of allylic oxidation sites excluding steroid dienone is 2. The lowest BCUT2D eigenvalue weighted by molar-refractivity contribution is 0.527. The maximum Gasteiger partial charge on any atom is 0.0866 e. The molecule has 0 aromatic heterocycles. The van der Waals surface area contributed by atoms with E-state index in [0.717, 1.165) is 0 Å². The zero-order chi connectivity index (χ0) is 6.24. The highest BCUT2D eigenvalue weighted by Gasteiger charge is 1.84. The molecule has 0 spiro atoms. The van der Waals surface area contributed by atoms with Gasteiger partial charge in [0.1, 0.15) is 0 Å². The van der Waals surface area contributed by atoms with E-state index in [0.29, 0.717) is 0 Å². The summed E-state index contributed by atoms with van der Waals surface area (Å²) in [4.78, 5) is 0. The fourth-order valence-electron chi connectivity index (χ4n) is 0.589. The second-order valence-corrected chi connectivity index (χ2v) is 1.67. The van der Waals surface area contributed by atoms with Gasteiger partial charge < -0.3 is 0 Å². The van der Waals surface area contributed by atoms with Crippen molar-refractivity contribution in [1.82, 2.24) is 0 Å². The van der Waals surface area contributed by atoms with Crippen LogP contribution in [0.1, 0.15) is 26.2 Å². The molecular weight excluding hydrogens is 103 g/mol. The molecule has 48 valence electrons. The second-order valence-electron chi connectivity index (χ2n) is 1.67. The first-order chi connectivity index (χ1) is 3.91. The molecule has 0 radical (unpaired) electrons. The van der Waals surface area contributed by atoms with E-state index in [4.69, 9.17) is 0 Å². The number of hydrogen-bond donors (Lipinski definition) is 0. The summed E-state index contributed by atoms with van der Waals surface area (Å²) < 4.78 is 10.3. The Hall–Kier alpha value is -0.330. The van der Waals surface area contributed by atoms with Crippen LogP contribution in [0.15, 0.2) is 12.2 Å². The monoisotopic (exact) mass is 116 g/mol. The van der Waals surface area contributed by atoms with Crippen LogP contribution in [0.2, 0.25) is 0 Å². The van der Waals surface area contributed by atoms with Crippen molar-refractivity contribution in [3.05, 3.63) is 12.2 Å². The van der Waals surface area contributed by atoms with Crippen molar-refractivity contribution in [1.29, 1.82) is 0 Å². The maximum absolute atomic E-state index is 10.3. The summed E-state index contributed by atoms with van der Waals surface area (Å²) in [7, 11) is 0. The summed E-state index contributed by atoms with van der Waals surface area (Å²) in [6, 6.07) is 0. The molecule has 0 N–H and O–H groups in total. The summed E-state index contributed by atoms with van der Waals surface area (Å²) in [6.07, 6.45) is 8.50. The number of hydrogen-bond acceptors (Lipinski definition) is 0. The second kappa shape index (κ2) is 6.67. The number of rotatable bonds is 0. The quantitative estimate of drug-likeness (QED) is 0.427. The molecule has 0 atom stereocenters. The fraction of sp³-hybridized carbons (Fsp3) is 0.714. The van der Waals surface area contributed by atoms with Crippen LogP contribution in [-0.4, -0.2) is 6.67 Å². The van der Waals surface area contributed by atoms with E-state index in [1.54, 1.807) is 0 Å². The number of halogens is 1. The third kappa shape index (κ3) is 5.67. The van der Waals surface area contributed by atoms with Crippen LogP contribution >= 0.6 is 0 Å². The zero-order valence-electron chi connectivity index (χ0n) is 5.36. The molecule has 0 aromatic carbocycles. The molecule has 0 fully saturated rings. The first-order valence-electron chi connectivity index (χ1n) is 3.12. The molecule has 0 bridgehead atoms. The highest BCUT2D eigenvalue weighted by molar-refractivity contribution is 4.88. The van der Waals surface area contributed by atoms with Gasteiger partial charge >= 0.3 is 0 Å². The Kier molecular flexibility index (Phi) is 6.39. The van der Waals surface area contributed by atoms with E-state index in [9.17, 15) is 4.39 Å². The Balaban J connectivity index is 0.000000145. The van der Waals surface area contributed by atoms with Gasteiger partial charge in [-0.15, -0.1) is 0 Å². The Morgan fingerprint density at radius 1 is 1.38 bits per heavy atom. The molecular formula is C7H13F. The van der Waals surface area contributed by atoms with Crippen molar-refractivity contribution in [3.8, 4) is 0 Å². The molecule has 0 nitrogen and oxygen atoms in total. The van der Waals surface area contributed by atoms with Gasteiger partial charge in [0.25, 0.3) is 0 Å². The Labute approximate surface area is 50.4 Å². The first-order valence-corrected chi connectivity index (χ1v) is 3.12. The van der Waals surface area contributed by atoms with Crippen LogP contribution in [0.4, 0.5) is 4.39 Å². The fourth-order valence-corrected chi connectivity index (χ4v) is 0.589. The minimum Gasteiger partial charge on any atom is -0.251 e. The molecule has 1 heteroatoms. The highest BCUT2D eigenvalue weighted by Crippen LogP contribution is 2.05. The van der Waals surface area contributed by atoms with Crippen LogP contribution in [-0.2, 0) is 0 Å². The maximum atomic E-state index is 10.3. The predicted molar refractivity (Wildman–Crippen MR) is 34.6 cm³/mol. The Bertz CT molecular complexity index is 51.4. The van der Waals surface area contributed by atoms with Gasteiger partial charge in [0.15, 0.2) is 0 Å². The molecule has 0 aliphatic heterocycles.